The number of Topliss-reactive ketones (excluding diaryl/α,β-unsaturated/α-hetero) is 1. The van der Waals surface area contributed by atoms with Crippen molar-refractivity contribution in [2.24, 2.45) is 11.3 Å². The second-order valence-corrected chi connectivity index (χ2v) is 7.85. The minimum atomic E-state index is 0.192. The van der Waals surface area contributed by atoms with Crippen LogP contribution in [0.1, 0.15) is 88.1 Å². The molecule has 0 N–H and O–H groups in total. The third-order valence-corrected chi connectivity index (χ3v) is 5.28. The van der Waals surface area contributed by atoms with Gasteiger partial charge in [0.05, 0.1) is 0 Å². The molecular weight excluding hydrogens is 256 g/mol. The highest BCUT2D eigenvalue weighted by atomic mass is 16.1. The van der Waals surface area contributed by atoms with Gasteiger partial charge in [-0.1, -0.05) is 71.2 Å². The molecule has 1 heteroatoms. The highest BCUT2D eigenvalue weighted by Crippen LogP contribution is 2.33. The van der Waals surface area contributed by atoms with E-state index in [-0.39, 0.29) is 11.2 Å². The first-order chi connectivity index (χ1) is 9.88. The fraction of sp³-hybridized carbons (Fsp3) is 0.650. The number of rotatable bonds is 4. The van der Waals surface area contributed by atoms with Gasteiger partial charge in [-0.2, -0.15) is 0 Å². The first-order valence-electron chi connectivity index (χ1n) is 8.51. The summed E-state index contributed by atoms with van der Waals surface area (Å²) in [6.07, 6.45) is 7.37. The van der Waals surface area contributed by atoms with E-state index in [4.69, 9.17) is 0 Å². The molecule has 1 fully saturated rings. The van der Waals surface area contributed by atoms with Crippen molar-refractivity contribution in [3.05, 3.63) is 35.4 Å². The molecule has 0 amide bonds. The highest BCUT2D eigenvalue weighted by molar-refractivity contribution is 5.96. The van der Waals surface area contributed by atoms with Crippen molar-refractivity contribution in [2.45, 2.75) is 72.1 Å². The van der Waals surface area contributed by atoms with Gasteiger partial charge in [0.25, 0.3) is 0 Å². The van der Waals surface area contributed by atoms with E-state index in [9.17, 15) is 4.79 Å². The summed E-state index contributed by atoms with van der Waals surface area (Å²) in [5.41, 5.74) is 2.50. The Labute approximate surface area is 130 Å². The van der Waals surface area contributed by atoms with Crippen LogP contribution in [0.25, 0.3) is 0 Å². The first kappa shape index (κ1) is 16.3. The van der Waals surface area contributed by atoms with Crippen molar-refractivity contribution in [3.63, 3.8) is 0 Å². The Balaban J connectivity index is 1.99. The summed E-state index contributed by atoms with van der Waals surface area (Å²) in [5.74, 6) is 1.41. The maximum absolute atomic E-state index is 12.4. The van der Waals surface area contributed by atoms with Gasteiger partial charge in [0, 0.05) is 12.0 Å². The van der Waals surface area contributed by atoms with Gasteiger partial charge in [-0.15, -0.1) is 0 Å². The number of hydrogen-bond acceptors (Lipinski definition) is 1. The molecule has 1 nitrogen and oxygen atoms in total. The van der Waals surface area contributed by atoms with E-state index in [1.54, 1.807) is 0 Å². The monoisotopic (exact) mass is 286 g/mol. The van der Waals surface area contributed by atoms with Crippen LogP contribution in [0.5, 0.6) is 0 Å². The van der Waals surface area contributed by atoms with E-state index in [0.717, 1.165) is 11.5 Å². The van der Waals surface area contributed by atoms with E-state index in [1.165, 1.54) is 37.7 Å². The van der Waals surface area contributed by atoms with Gasteiger partial charge < -0.3 is 0 Å². The summed E-state index contributed by atoms with van der Waals surface area (Å²) in [6, 6.07) is 8.46. The summed E-state index contributed by atoms with van der Waals surface area (Å²) >= 11 is 0. The third-order valence-electron chi connectivity index (χ3n) is 5.28. The lowest BCUT2D eigenvalue weighted by atomic mass is 9.78. The summed E-state index contributed by atoms with van der Waals surface area (Å²) in [4.78, 5) is 12.4. The number of carbonyl (C=O) groups is 1. The molecular formula is C20H30O. The van der Waals surface area contributed by atoms with Gasteiger partial charge in [0.1, 0.15) is 0 Å². The second kappa shape index (κ2) is 6.77. The smallest absolute Gasteiger partial charge is 0.163 e. The minimum absolute atomic E-state index is 0.192. The van der Waals surface area contributed by atoms with Crippen LogP contribution in [0.3, 0.4) is 0 Å². The fourth-order valence-corrected chi connectivity index (χ4v) is 3.08. The second-order valence-electron chi connectivity index (χ2n) is 7.85. The standard InChI is InChI=1S/C20H30O/c1-15(20(2,3)4)14-19(21)18-12-10-17(11-13-18)16-8-6-5-7-9-16/h10-13,15-16H,5-9,14H2,1-4H3. The predicted octanol–water partition coefficient (Wildman–Crippen LogP) is 5.99. The SMILES string of the molecule is CC(CC(=O)c1ccc(C2CCCCC2)cc1)C(C)(C)C. The molecule has 0 aromatic heterocycles. The zero-order chi connectivity index (χ0) is 15.5. The van der Waals surface area contributed by atoms with Gasteiger partial charge in [-0.25, -0.2) is 0 Å². The van der Waals surface area contributed by atoms with Crippen molar-refractivity contribution in [3.8, 4) is 0 Å². The Morgan fingerprint density at radius 1 is 1.10 bits per heavy atom. The number of ketones is 1. The van der Waals surface area contributed by atoms with Crippen molar-refractivity contribution in [1.82, 2.24) is 0 Å². The summed E-state index contributed by atoms with van der Waals surface area (Å²) in [6.45, 7) is 8.79. The quantitative estimate of drug-likeness (QED) is 0.621. The summed E-state index contributed by atoms with van der Waals surface area (Å²) in [5, 5.41) is 0. The lowest BCUT2D eigenvalue weighted by Gasteiger charge is -2.26. The van der Waals surface area contributed by atoms with E-state index >= 15 is 0 Å². The number of hydrogen-bond donors (Lipinski definition) is 0. The summed E-state index contributed by atoms with van der Waals surface area (Å²) in [7, 11) is 0. The lowest BCUT2D eigenvalue weighted by molar-refractivity contribution is 0.0927. The Hall–Kier alpha value is -1.11. The lowest BCUT2D eigenvalue weighted by Crippen LogP contribution is -2.20. The molecule has 1 unspecified atom stereocenters. The number of carbonyl (C=O) groups excluding carboxylic acids is 1. The van der Waals surface area contributed by atoms with E-state index in [2.05, 4.69) is 39.8 Å². The normalized spacial score (nSPS) is 18.5. The molecule has 1 aromatic carbocycles. The average Bonchev–Trinajstić information content (AvgIpc) is 2.47. The highest BCUT2D eigenvalue weighted by Gasteiger charge is 2.23. The number of benzene rings is 1. The molecule has 0 bridgehead atoms. The predicted molar refractivity (Wildman–Crippen MR) is 89.8 cm³/mol. The van der Waals surface area contributed by atoms with Crippen molar-refractivity contribution < 1.29 is 4.79 Å². The maximum Gasteiger partial charge on any atom is 0.163 e. The minimum Gasteiger partial charge on any atom is -0.294 e. The molecule has 116 valence electrons. The largest absolute Gasteiger partial charge is 0.294 e. The van der Waals surface area contributed by atoms with E-state index in [0.29, 0.717) is 12.3 Å². The van der Waals surface area contributed by atoms with Gasteiger partial charge in [-0.05, 0) is 35.7 Å². The zero-order valence-corrected chi connectivity index (χ0v) is 14.1. The summed E-state index contributed by atoms with van der Waals surface area (Å²) < 4.78 is 0. The van der Waals surface area contributed by atoms with Crippen molar-refractivity contribution in [1.29, 1.82) is 0 Å². The molecule has 1 saturated carbocycles. The van der Waals surface area contributed by atoms with Crippen LogP contribution in [0.15, 0.2) is 24.3 Å². The molecule has 0 spiro atoms. The topological polar surface area (TPSA) is 17.1 Å². The maximum atomic E-state index is 12.4. The van der Waals surface area contributed by atoms with Gasteiger partial charge in [0.2, 0.25) is 0 Å². The first-order valence-corrected chi connectivity index (χ1v) is 8.51. The molecule has 21 heavy (non-hydrogen) atoms. The van der Waals surface area contributed by atoms with E-state index in [1.807, 2.05) is 12.1 Å². The van der Waals surface area contributed by atoms with Gasteiger partial charge in [0.15, 0.2) is 5.78 Å². The Bertz CT molecular complexity index is 458. The van der Waals surface area contributed by atoms with Gasteiger partial charge in [-0.3, -0.25) is 4.79 Å². The Kier molecular flexibility index (Phi) is 5.24. The van der Waals surface area contributed by atoms with E-state index < -0.39 is 0 Å². The third kappa shape index (κ3) is 4.43. The molecule has 1 atom stereocenters. The molecule has 0 heterocycles. The van der Waals surface area contributed by atoms with Crippen LogP contribution in [0, 0.1) is 11.3 Å². The Morgan fingerprint density at radius 3 is 2.19 bits per heavy atom. The fourth-order valence-electron chi connectivity index (χ4n) is 3.08. The molecule has 1 aromatic rings. The average molecular weight is 286 g/mol. The van der Waals surface area contributed by atoms with Crippen LogP contribution in [-0.4, -0.2) is 5.78 Å². The van der Waals surface area contributed by atoms with Crippen molar-refractivity contribution >= 4 is 5.78 Å². The molecule has 0 saturated heterocycles. The van der Waals surface area contributed by atoms with Crippen LogP contribution in [-0.2, 0) is 0 Å². The van der Waals surface area contributed by atoms with Crippen molar-refractivity contribution in [2.75, 3.05) is 0 Å². The zero-order valence-electron chi connectivity index (χ0n) is 14.1. The molecule has 2 rings (SSSR count). The van der Waals surface area contributed by atoms with Crippen LogP contribution < -0.4 is 0 Å². The molecule has 0 radical (unpaired) electrons. The molecule has 1 aliphatic rings. The van der Waals surface area contributed by atoms with Crippen LogP contribution in [0.4, 0.5) is 0 Å². The molecule has 0 aliphatic heterocycles. The Morgan fingerprint density at radius 2 is 1.67 bits per heavy atom. The molecule has 1 aliphatic carbocycles. The van der Waals surface area contributed by atoms with Crippen LogP contribution in [0.2, 0.25) is 0 Å². The van der Waals surface area contributed by atoms with Gasteiger partial charge >= 0.3 is 0 Å². The van der Waals surface area contributed by atoms with Crippen LogP contribution >= 0.6 is 0 Å².